The molecule has 0 unspecified atom stereocenters. The van der Waals surface area contributed by atoms with Crippen LogP contribution in [0.4, 0.5) is 5.82 Å². The van der Waals surface area contributed by atoms with Crippen molar-refractivity contribution in [3.8, 4) is 11.4 Å². The molecule has 0 spiro atoms. The Kier molecular flexibility index (Phi) is 2.59. The van der Waals surface area contributed by atoms with Gasteiger partial charge in [0.1, 0.15) is 5.82 Å². The van der Waals surface area contributed by atoms with Gasteiger partial charge in [0.15, 0.2) is 5.82 Å². The minimum atomic E-state index is 0.0545. The third kappa shape index (κ3) is 2.10. The molecule has 0 aliphatic carbocycles. The van der Waals surface area contributed by atoms with E-state index in [0.717, 1.165) is 5.56 Å². The van der Waals surface area contributed by atoms with Crippen molar-refractivity contribution in [1.29, 1.82) is 0 Å². The number of aliphatic hydroxyl groups is 1. The Morgan fingerprint density at radius 1 is 1.47 bits per heavy atom. The molecule has 0 saturated carbocycles. The molecule has 0 atom stereocenters. The predicted octanol–water partition coefficient (Wildman–Crippen LogP) is -0.0854. The average molecular weight is 205 g/mol. The van der Waals surface area contributed by atoms with Crippen molar-refractivity contribution in [1.82, 2.24) is 19.7 Å². The second-order valence-electron chi connectivity index (χ2n) is 3.02. The van der Waals surface area contributed by atoms with Crippen LogP contribution in [0.2, 0.25) is 0 Å². The molecule has 0 amide bonds. The summed E-state index contributed by atoms with van der Waals surface area (Å²) in [6.07, 6.45) is 5.01. The lowest BCUT2D eigenvalue weighted by molar-refractivity contribution is 0.269. The van der Waals surface area contributed by atoms with Crippen molar-refractivity contribution in [2.75, 3.05) is 12.3 Å². The van der Waals surface area contributed by atoms with Crippen LogP contribution in [0, 0.1) is 0 Å². The Bertz CT molecular complexity index is 453. The molecule has 78 valence electrons. The van der Waals surface area contributed by atoms with Crippen LogP contribution in [0.1, 0.15) is 0 Å². The van der Waals surface area contributed by atoms with Gasteiger partial charge in [0.2, 0.25) is 0 Å². The highest BCUT2D eigenvalue weighted by atomic mass is 16.3. The SMILES string of the molecule is Nc1ccnc(-c2cnn(CCO)c2)n1. The Morgan fingerprint density at radius 2 is 2.33 bits per heavy atom. The molecule has 0 bridgehead atoms. The molecule has 2 rings (SSSR count). The van der Waals surface area contributed by atoms with Crippen LogP contribution in [-0.4, -0.2) is 31.5 Å². The number of rotatable bonds is 3. The fourth-order valence-corrected chi connectivity index (χ4v) is 1.22. The van der Waals surface area contributed by atoms with E-state index in [2.05, 4.69) is 15.1 Å². The number of aromatic nitrogens is 4. The van der Waals surface area contributed by atoms with Crippen molar-refractivity contribution >= 4 is 5.82 Å². The summed E-state index contributed by atoms with van der Waals surface area (Å²) in [7, 11) is 0. The van der Waals surface area contributed by atoms with Gasteiger partial charge in [-0.2, -0.15) is 5.10 Å². The molecule has 0 aliphatic rings. The summed E-state index contributed by atoms with van der Waals surface area (Å²) in [4.78, 5) is 8.14. The first-order chi connectivity index (χ1) is 7.29. The lowest BCUT2D eigenvalue weighted by atomic mass is 10.3. The van der Waals surface area contributed by atoms with Gasteiger partial charge < -0.3 is 10.8 Å². The maximum absolute atomic E-state index is 8.73. The molecule has 2 heterocycles. The second-order valence-corrected chi connectivity index (χ2v) is 3.02. The molecule has 6 heteroatoms. The topological polar surface area (TPSA) is 89.8 Å². The first-order valence-corrected chi connectivity index (χ1v) is 4.52. The van der Waals surface area contributed by atoms with E-state index in [1.807, 2.05) is 0 Å². The van der Waals surface area contributed by atoms with Crippen LogP contribution in [0.3, 0.4) is 0 Å². The molecule has 0 fully saturated rings. The largest absolute Gasteiger partial charge is 0.394 e. The molecule has 2 aromatic rings. The number of hydrogen-bond acceptors (Lipinski definition) is 5. The van der Waals surface area contributed by atoms with E-state index in [9.17, 15) is 0 Å². The molecular weight excluding hydrogens is 194 g/mol. The number of aliphatic hydroxyl groups excluding tert-OH is 1. The standard InChI is InChI=1S/C9H11N5O/c10-8-1-2-11-9(13-8)7-5-12-14(6-7)3-4-15/h1-2,5-6,15H,3-4H2,(H2,10,11,13). The van der Waals surface area contributed by atoms with Gasteiger partial charge in [0.05, 0.1) is 24.9 Å². The minimum absolute atomic E-state index is 0.0545. The van der Waals surface area contributed by atoms with E-state index in [4.69, 9.17) is 10.8 Å². The fourth-order valence-electron chi connectivity index (χ4n) is 1.22. The Morgan fingerprint density at radius 3 is 3.07 bits per heavy atom. The lowest BCUT2D eigenvalue weighted by Gasteiger charge is -1.96. The summed E-state index contributed by atoms with van der Waals surface area (Å²) in [6.45, 7) is 0.515. The van der Waals surface area contributed by atoms with Crippen LogP contribution >= 0.6 is 0 Å². The van der Waals surface area contributed by atoms with Gasteiger partial charge in [-0.25, -0.2) is 9.97 Å². The average Bonchev–Trinajstić information content (AvgIpc) is 2.67. The quantitative estimate of drug-likeness (QED) is 0.731. The van der Waals surface area contributed by atoms with Gasteiger partial charge >= 0.3 is 0 Å². The lowest BCUT2D eigenvalue weighted by Crippen LogP contribution is -2.01. The normalized spacial score (nSPS) is 10.5. The Hall–Kier alpha value is -1.95. The summed E-state index contributed by atoms with van der Waals surface area (Å²) >= 11 is 0. The molecular formula is C9H11N5O. The van der Waals surface area contributed by atoms with Gasteiger partial charge in [0.25, 0.3) is 0 Å². The first-order valence-electron chi connectivity index (χ1n) is 4.52. The fraction of sp³-hybridized carbons (Fsp3) is 0.222. The summed E-state index contributed by atoms with van der Waals surface area (Å²) in [5, 5.41) is 12.8. The highest BCUT2D eigenvalue weighted by Crippen LogP contribution is 2.13. The summed E-state index contributed by atoms with van der Waals surface area (Å²) in [6, 6.07) is 1.63. The third-order valence-electron chi connectivity index (χ3n) is 1.90. The molecule has 3 N–H and O–H groups in total. The minimum Gasteiger partial charge on any atom is -0.394 e. The molecule has 0 saturated heterocycles. The van der Waals surface area contributed by atoms with E-state index in [0.29, 0.717) is 18.2 Å². The molecule has 0 aromatic carbocycles. The number of nitrogens with zero attached hydrogens (tertiary/aromatic N) is 4. The van der Waals surface area contributed by atoms with Gasteiger partial charge in [-0.1, -0.05) is 0 Å². The maximum atomic E-state index is 8.73. The molecule has 0 radical (unpaired) electrons. The van der Waals surface area contributed by atoms with E-state index in [1.165, 1.54) is 0 Å². The molecule has 15 heavy (non-hydrogen) atoms. The van der Waals surface area contributed by atoms with Gasteiger partial charge in [0, 0.05) is 12.4 Å². The van der Waals surface area contributed by atoms with E-state index < -0.39 is 0 Å². The Labute approximate surface area is 86.4 Å². The summed E-state index contributed by atoms with van der Waals surface area (Å²) < 4.78 is 1.63. The number of anilines is 1. The number of hydrogen-bond donors (Lipinski definition) is 2. The molecule has 6 nitrogen and oxygen atoms in total. The monoisotopic (exact) mass is 205 g/mol. The van der Waals surface area contributed by atoms with Crippen LogP contribution in [0.5, 0.6) is 0 Å². The van der Waals surface area contributed by atoms with Crippen molar-refractivity contribution in [3.05, 3.63) is 24.7 Å². The van der Waals surface area contributed by atoms with Crippen molar-refractivity contribution in [2.45, 2.75) is 6.54 Å². The van der Waals surface area contributed by atoms with Crippen molar-refractivity contribution in [3.63, 3.8) is 0 Å². The van der Waals surface area contributed by atoms with E-state index in [1.54, 1.807) is 29.3 Å². The van der Waals surface area contributed by atoms with E-state index >= 15 is 0 Å². The highest BCUT2D eigenvalue weighted by Gasteiger charge is 2.04. The van der Waals surface area contributed by atoms with Crippen LogP contribution in [-0.2, 0) is 6.54 Å². The zero-order valence-corrected chi connectivity index (χ0v) is 8.04. The van der Waals surface area contributed by atoms with Gasteiger partial charge in [-0.15, -0.1) is 0 Å². The van der Waals surface area contributed by atoms with Crippen molar-refractivity contribution < 1.29 is 5.11 Å². The van der Waals surface area contributed by atoms with E-state index in [-0.39, 0.29) is 6.61 Å². The maximum Gasteiger partial charge on any atom is 0.164 e. The van der Waals surface area contributed by atoms with Crippen LogP contribution < -0.4 is 5.73 Å². The first kappa shape index (κ1) is 9.60. The predicted molar refractivity (Wildman–Crippen MR) is 54.8 cm³/mol. The highest BCUT2D eigenvalue weighted by molar-refractivity contribution is 5.53. The summed E-state index contributed by atoms with van der Waals surface area (Å²) in [5.74, 6) is 0.967. The molecule has 0 aliphatic heterocycles. The van der Waals surface area contributed by atoms with Crippen LogP contribution in [0.25, 0.3) is 11.4 Å². The second kappa shape index (κ2) is 4.05. The van der Waals surface area contributed by atoms with Crippen LogP contribution in [0.15, 0.2) is 24.7 Å². The van der Waals surface area contributed by atoms with Gasteiger partial charge in [-0.3, -0.25) is 4.68 Å². The van der Waals surface area contributed by atoms with Crippen molar-refractivity contribution in [2.24, 2.45) is 0 Å². The summed E-state index contributed by atoms with van der Waals surface area (Å²) in [5.41, 5.74) is 6.33. The van der Waals surface area contributed by atoms with Gasteiger partial charge in [-0.05, 0) is 6.07 Å². The third-order valence-corrected chi connectivity index (χ3v) is 1.90. The zero-order chi connectivity index (χ0) is 10.7. The number of nitrogen functional groups attached to an aromatic ring is 1. The molecule has 2 aromatic heterocycles. The Balaban J connectivity index is 2.29. The number of nitrogens with two attached hydrogens (primary N) is 1. The zero-order valence-electron chi connectivity index (χ0n) is 8.04. The smallest absolute Gasteiger partial charge is 0.164 e.